The van der Waals surface area contributed by atoms with E-state index >= 15 is 0 Å². The molecule has 0 heterocycles. The molecule has 0 saturated heterocycles. The van der Waals surface area contributed by atoms with Crippen molar-refractivity contribution < 1.29 is 19.1 Å². The molecule has 0 aromatic carbocycles. The van der Waals surface area contributed by atoms with E-state index in [0.717, 1.165) is 37.9 Å². The van der Waals surface area contributed by atoms with Gasteiger partial charge in [0.2, 0.25) is 0 Å². The molecule has 1 unspecified atom stereocenters. The number of thioether (sulfide) groups is 2. The molecule has 0 aromatic rings. The van der Waals surface area contributed by atoms with Crippen molar-refractivity contribution in [3.05, 3.63) is 0 Å². The van der Waals surface area contributed by atoms with Gasteiger partial charge < -0.3 is 4.74 Å². The Morgan fingerprint density at radius 3 is 2.22 bits per heavy atom. The zero-order valence-corrected chi connectivity index (χ0v) is 16.2. The average Bonchev–Trinajstić information content (AvgIpc) is 2.53. The zero-order chi connectivity index (χ0) is 17.5. The second-order valence-electron chi connectivity index (χ2n) is 5.23. The van der Waals surface area contributed by atoms with Crippen molar-refractivity contribution >= 4 is 39.7 Å². The number of carbonyl (C=O) groups is 3. The minimum absolute atomic E-state index is 0.130. The molecule has 0 fully saturated rings. The van der Waals surface area contributed by atoms with Gasteiger partial charge in [-0.3, -0.25) is 14.4 Å². The standard InChI is InChI=1S/C17H30O4S2/c1-4-16(19)22-13-12-14(23-17(20)5-2)10-8-7-9-11-15(18)21-6-3/h14H,4-13H2,1-3H3. The number of hydrogen-bond acceptors (Lipinski definition) is 6. The van der Waals surface area contributed by atoms with Crippen molar-refractivity contribution in [3.63, 3.8) is 0 Å². The first-order valence-electron chi connectivity index (χ1n) is 8.54. The summed E-state index contributed by atoms with van der Waals surface area (Å²) in [6.07, 6.45) is 6.22. The molecule has 0 saturated carbocycles. The first kappa shape index (κ1) is 22.5. The monoisotopic (exact) mass is 362 g/mol. The highest BCUT2D eigenvalue weighted by Gasteiger charge is 2.14. The molecule has 0 amide bonds. The van der Waals surface area contributed by atoms with Gasteiger partial charge in [0.15, 0.2) is 10.2 Å². The van der Waals surface area contributed by atoms with Crippen LogP contribution in [0.2, 0.25) is 0 Å². The highest BCUT2D eigenvalue weighted by Crippen LogP contribution is 2.25. The molecule has 23 heavy (non-hydrogen) atoms. The summed E-state index contributed by atoms with van der Waals surface area (Å²) in [6, 6.07) is 0. The molecule has 0 aromatic heterocycles. The fourth-order valence-corrected chi connectivity index (χ4v) is 4.03. The Balaban J connectivity index is 3.98. The molecule has 0 radical (unpaired) electrons. The van der Waals surface area contributed by atoms with Crippen LogP contribution in [0.25, 0.3) is 0 Å². The highest BCUT2D eigenvalue weighted by atomic mass is 32.2. The van der Waals surface area contributed by atoms with Crippen LogP contribution in [-0.4, -0.2) is 33.8 Å². The molecule has 6 heteroatoms. The molecular formula is C17H30O4S2. The van der Waals surface area contributed by atoms with Crippen LogP contribution in [-0.2, 0) is 19.1 Å². The number of unbranched alkanes of at least 4 members (excludes halogenated alkanes) is 2. The Labute approximate surface area is 148 Å². The van der Waals surface area contributed by atoms with Crippen LogP contribution in [0.1, 0.15) is 72.1 Å². The average molecular weight is 363 g/mol. The summed E-state index contributed by atoms with van der Waals surface area (Å²) in [5.74, 6) is 0.651. The number of rotatable bonds is 13. The number of esters is 1. The minimum atomic E-state index is -0.130. The maximum Gasteiger partial charge on any atom is 0.305 e. The van der Waals surface area contributed by atoms with E-state index < -0.39 is 0 Å². The third-order valence-corrected chi connectivity index (χ3v) is 5.70. The maximum absolute atomic E-state index is 11.7. The molecular weight excluding hydrogens is 332 g/mol. The van der Waals surface area contributed by atoms with Crippen molar-refractivity contribution in [1.82, 2.24) is 0 Å². The molecule has 0 rings (SSSR count). The van der Waals surface area contributed by atoms with Gasteiger partial charge >= 0.3 is 5.97 Å². The van der Waals surface area contributed by atoms with Crippen LogP contribution in [0.5, 0.6) is 0 Å². The van der Waals surface area contributed by atoms with E-state index in [2.05, 4.69) is 0 Å². The van der Waals surface area contributed by atoms with Gasteiger partial charge in [0.25, 0.3) is 0 Å². The topological polar surface area (TPSA) is 60.4 Å². The third-order valence-electron chi connectivity index (χ3n) is 3.29. The third kappa shape index (κ3) is 13.6. The predicted octanol–water partition coefficient (Wildman–Crippen LogP) is 4.60. The Hall–Kier alpha value is -0.490. The smallest absolute Gasteiger partial charge is 0.305 e. The number of ether oxygens (including phenoxy) is 1. The second kappa shape index (κ2) is 15.1. The summed E-state index contributed by atoms with van der Waals surface area (Å²) in [7, 11) is 0. The quantitative estimate of drug-likeness (QED) is 0.352. The summed E-state index contributed by atoms with van der Waals surface area (Å²) in [5.41, 5.74) is 0. The van der Waals surface area contributed by atoms with E-state index in [1.54, 1.807) is 0 Å². The molecule has 0 bridgehead atoms. The fraction of sp³-hybridized carbons (Fsp3) is 0.824. The molecule has 0 aliphatic carbocycles. The summed E-state index contributed by atoms with van der Waals surface area (Å²) in [5, 5.41) is 0.709. The van der Waals surface area contributed by atoms with Gasteiger partial charge in [-0.15, -0.1) is 0 Å². The molecule has 0 N–H and O–H groups in total. The van der Waals surface area contributed by atoms with Crippen LogP contribution in [0, 0.1) is 0 Å². The Bertz CT molecular complexity index is 359. The van der Waals surface area contributed by atoms with Crippen molar-refractivity contribution in [2.75, 3.05) is 12.4 Å². The number of carbonyl (C=O) groups excluding carboxylic acids is 3. The summed E-state index contributed by atoms with van der Waals surface area (Å²) < 4.78 is 4.90. The normalized spacial score (nSPS) is 12.0. The van der Waals surface area contributed by atoms with Crippen molar-refractivity contribution in [3.8, 4) is 0 Å². The van der Waals surface area contributed by atoms with Crippen molar-refractivity contribution in [1.29, 1.82) is 0 Å². The van der Waals surface area contributed by atoms with Gasteiger partial charge in [-0.25, -0.2) is 0 Å². The maximum atomic E-state index is 11.7. The molecule has 0 aliphatic rings. The molecule has 134 valence electrons. The summed E-state index contributed by atoms with van der Waals surface area (Å²) in [4.78, 5) is 34.2. The second-order valence-corrected chi connectivity index (χ2v) is 7.74. The van der Waals surface area contributed by atoms with Gasteiger partial charge in [-0.05, 0) is 26.2 Å². The number of hydrogen-bond donors (Lipinski definition) is 0. The lowest BCUT2D eigenvalue weighted by atomic mass is 10.1. The minimum Gasteiger partial charge on any atom is -0.466 e. The lowest BCUT2D eigenvalue weighted by Gasteiger charge is -2.15. The summed E-state index contributed by atoms with van der Waals surface area (Å²) >= 11 is 2.79. The van der Waals surface area contributed by atoms with Crippen LogP contribution in [0.3, 0.4) is 0 Å². The van der Waals surface area contributed by atoms with Crippen molar-refractivity contribution in [2.45, 2.75) is 77.4 Å². The van der Waals surface area contributed by atoms with E-state index in [9.17, 15) is 14.4 Å². The van der Waals surface area contributed by atoms with Gasteiger partial charge in [-0.1, -0.05) is 50.2 Å². The van der Waals surface area contributed by atoms with Gasteiger partial charge in [0, 0.05) is 30.3 Å². The largest absolute Gasteiger partial charge is 0.466 e. The van der Waals surface area contributed by atoms with Crippen LogP contribution in [0.15, 0.2) is 0 Å². The lowest BCUT2D eigenvalue weighted by molar-refractivity contribution is -0.143. The van der Waals surface area contributed by atoms with E-state index in [-0.39, 0.29) is 21.4 Å². The predicted molar refractivity (Wildman–Crippen MR) is 98.8 cm³/mol. The Kier molecular flexibility index (Phi) is 14.7. The van der Waals surface area contributed by atoms with Gasteiger partial charge in [-0.2, -0.15) is 0 Å². The van der Waals surface area contributed by atoms with E-state index in [1.165, 1.54) is 23.5 Å². The van der Waals surface area contributed by atoms with E-state index in [4.69, 9.17) is 4.74 Å². The van der Waals surface area contributed by atoms with E-state index in [1.807, 2.05) is 20.8 Å². The van der Waals surface area contributed by atoms with Crippen LogP contribution in [0.4, 0.5) is 0 Å². The molecule has 1 atom stereocenters. The Morgan fingerprint density at radius 2 is 1.61 bits per heavy atom. The fourth-order valence-electron chi connectivity index (χ4n) is 1.99. The highest BCUT2D eigenvalue weighted by molar-refractivity contribution is 8.14. The lowest BCUT2D eigenvalue weighted by Crippen LogP contribution is -2.09. The van der Waals surface area contributed by atoms with Crippen molar-refractivity contribution in [2.24, 2.45) is 0 Å². The summed E-state index contributed by atoms with van der Waals surface area (Å²) in [6.45, 7) is 5.99. The van der Waals surface area contributed by atoms with Gasteiger partial charge in [0.05, 0.1) is 6.61 Å². The molecule has 4 nitrogen and oxygen atoms in total. The Morgan fingerprint density at radius 1 is 0.913 bits per heavy atom. The van der Waals surface area contributed by atoms with Crippen LogP contribution < -0.4 is 0 Å². The van der Waals surface area contributed by atoms with Gasteiger partial charge in [0.1, 0.15) is 0 Å². The van der Waals surface area contributed by atoms with E-state index in [0.29, 0.717) is 25.9 Å². The first-order chi connectivity index (χ1) is 11.0. The first-order valence-corrected chi connectivity index (χ1v) is 10.4. The molecule has 0 spiro atoms. The zero-order valence-electron chi connectivity index (χ0n) is 14.6. The molecule has 0 aliphatic heterocycles. The van der Waals surface area contributed by atoms with Crippen LogP contribution >= 0.6 is 23.5 Å². The SMILES string of the molecule is CCOC(=O)CCCCCC(CCSC(=O)CC)SC(=O)CC.